The molecule has 30 heavy (non-hydrogen) atoms. The first-order chi connectivity index (χ1) is 14.6. The maximum atomic E-state index is 12.9. The second kappa shape index (κ2) is 8.95. The minimum Gasteiger partial charge on any atom is -0.493 e. The van der Waals surface area contributed by atoms with Crippen molar-refractivity contribution >= 4 is 17.2 Å². The molecule has 1 aromatic carbocycles. The summed E-state index contributed by atoms with van der Waals surface area (Å²) in [4.78, 5) is 22.0. The lowest BCUT2D eigenvalue weighted by molar-refractivity contribution is -0.123. The van der Waals surface area contributed by atoms with Crippen molar-refractivity contribution in [3.8, 4) is 16.3 Å². The zero-order valence-electron chi connectivity index (χ0n) is 17.3. The molecule has 3 aromatic rings. The van der Waals surface area contributed by atoms with Crippen LogP contribution in [-0.4, -0.2) is 27.6 Å². The largest absolute Gasteiger partial charge is 0.493 e. The molecule has 7 nitrogen and oxygen atoms in total. The fourth-order valence-electron chi connectivity index (χ4n) is 3.97. The van der Waals surface area contributed by atoms with Gasteiger partial charge in [-0.3, -0.25) is 4.79 Å². The second-order valence-corrected chi connectivity index (χ2v) is 8.44. The van der Waals surface area contributed by atoms with E-state index >= 15 is 0 Å². The van der Waals surface area contributed by atoms with Crippen molar-refractivity contribution in [2.24, 2.45) is 0 Å². The van der Waals surface area contributed by atoms with Crippen LogP contribution in [0.4, 0.5) is 0 Å². The molecular weight excluding hydrogens is 400 g/mol. The van der Waals surface area contributed by atoms with Crippen LogP contribution in [0.15, 0.2) is 34.2 Å². The molecule has 0 aliphatic heterocycles. The van der Waals surface area contributed by atoms with Crippen LogP contribution in [-0.2, 0) is 16.8 Å². The van der Waals surface area contributed by atoms with E-state index in [-0.39, 0.29) is 12.3 Å². The highest BCUT2D eigenvalue weighted by atomic mass is 32.1. The fraction of sp³-hybridized carbons (Fsp3) is 0.455. The Morgan fingerprint density at radius 1 is 1.23 bits per heavy atom. The maximum Gasteiger partial charge on any atom is 0.226 e. The first-order valence-electron chi connectivity index (χ1n) is 10.4. The minimum absolute atomic E-state index is 0.0747. The summed E-state index contributed by atoms with van der Waals surface area (Å²) in [5, 5.41) is 10.1. The van der Waals surface area contributed by atoms with Gasteiger partial charge in [0, 0.05) is 12.3 Å². The number of rotatable bonds is 7. The molecule has 1 aliphatic carbocycles. The molecule has 1 saturated carbocycles. The zero-order valence-corrected chi connectivity index (χ0v) is 18.1. The second-order valence-electron chi connectivity index (χ2n) is 7.58. The number of amides is 1. The highest BCUT2D eigenvalue weighted by molar-refractivity contribution is 7.13. The third kappa shape index (κ3) is 4.38. The first-order valence-corrected chi connectivity index (χ1v) is 11.3. The highest BCUT2D eigenvalue weighted by Crippen LogP contribution is 2.36. The number of ether oxygens (including phenoxy) is 1. The molecule has 0 bridgehead atoms. The molecule has 0 atom stereocenters. The summed E-state index contributed by atoms with van der Waals surface area (Å²) in [6.07, 6.45) is 5.07. The van der Waals surface area contributed by atoms with E-state index in [9.17, 15) is 4.79 Å². The van der Waals surface area contributed by atoms with Gasteiger partial charge in [0.15, 0.2) is 5.82 Å². The summed E-state index contributed by atoms with van der Waals surface area (Å²) in [6.45, 7) is 4.32. The lowest BCUT2D eigenvalue weighted by atomic mass is 9.81. The van der Waals surface area contributed by atoms with E-state index in [1.54, 1.807) is 6.92 Å². The monoisotopic (exact) mass is 426 g/mol. The summed E-state index contributed by atoms with van der Waals surface area (Å²) in [7, 11) is 0. The number of benzene rings is 1. The molecule has 0 unspecified atom stereocenters. The zero-order chi connectivity index (χ0) is 21.0. The predicted octanol–water partition coefficient (Wildman–Crippen LogP) is 4.42. The van der Waals surface area contributed by atoms with Gasteiger partial charge in [0.2, 0.25) is 11.8 Å². The summed E-state index contributed by atoms with van der Waals surface area (Å²) < 4.78 is 10.9. The van der Waals surface area contributed by atoms with Gasteiger partial charge in [0.1, 0.15) is 16.3 Å². The quantitative estimate of drug-likeness (QED) is 0.601. The summed E-state index contributed by atoms with van der Waals surface area (Å²) in [5.41, 5.74) is 1.14. The van der Waals surface area contributed by atoms with Crippen LogP contribution in [0.5, 0.6) is 5.75 Å². The minimum atomic E-state index is -0.548. The molecule has 1 fully saturated rings. The average molecular weight is 427 g/mol. The molecule has 1 amide bonds. The van der Waals surface area contributed by atoms with E-state index in [2.05, 4.69) is 20.4 Å². The van der Waals surface area contributed by atoms with E-state index in [1.165, 1.54) is 11.3 Å². The average Bonchev–Trinajstić information content (AvgIpc) is 3.39. The van der Waals surface area contributed by atoms with E-state index in [0.717, 1.165) is 54.1 Å². The van der Waals surface area contributed by atoms with Crippen LogP contribution in [0, 0.1) is 6.92 Å². The molecule has 8 heteroatoms. The van der Waals surface area contributed by atoms with Crippen molar-refractivity contribution < 1.29 is 14.1 Å². The fourth-order valence-corrected chi connectivity index (χ4v) is 4.81. The maximum absolute atomic E-state index is 12.9. The number of nitrogens with zero attached hydrogens (tertiary/aromatic N) is 3. The Hall–Kier alpha value is -2.74. The van der Waals surface area contributed by atoms with Gasteiger partial charge in [0.05, 0.1) is 24.3 Å². The van der Waals surface area contributed by atoms with Crippen LogP contribution in [0.1, 0.15) is 56.4 Å². The van der Waals surface area contributed by atoms with E-state index in [0.29, 0.717) is 18.3 Å². The Bertz CT molecular complexity index is 1010. The Morgan fingerprint density at radius 3 is 2.77 bits per heavy atom. The Morgan fingerprint density at radius 2 is 2.03 bits per heavy atom. The molecule has 0 saturated heterocycles. The topological polar surface area (TPSA) is 90.1 Å². The van der Waals surface area contributed by atoms with E-state index in [1.807, 2.05) is 36.6 Å². The van der Waals surface area contributed by atoms with Gasteiger partial charge in [-0.2, -0.15) is 4.98 Å². The van der Waals surface area contributed by atoms with Crippen LogP contribution >= 0.6 is 11.3 Å². The standard InChI is InChI=1S/C22H26N4O3S/c1-3-28-18-10-6-5-9-17(18)20-24-16(14-30-20)13-19(27)25-22(11-7-4-8-12-22)21-23-15(2)29-26-21/h5-6,9-10,14H,3-4,7-8,11-13H2,1-2H3,(H,25,27). The Balaban J connectivity index is 1.49. The molecule has 1 N–H and O–H groups in total. The number of hydrogen-bond acceptors (Lipinski definition) is 7. The Kier molecular flexibility index (Phi) is 6.13. The molecule has 0 spiro atoms. The number of carbonyl (C=O) groups is 1. The predicted molar refractivity (Wildman–Crippen MR) is 114 cm³/mol. The van der Waals surface area contributed by atoms with Crippen molar-refractivity contribution in [2.75, 3.05) is 6.61 Å². The van der Waals surface area contributed by atoms with Gasteiger partial charge in [-0.15, -0.1) is 11.3 Å². The van der Waals surface area contributed by atoms with Gasteiger partial charge in [-0.05, 0) is 31.9 Å². The lowest BCUT2D eigenvalue weighted by Gasteiger charge is -2.35. The number of para-hydroxylation sites is 1. The van der Waals surface area contributed by atoms with Gasteiger partial charge in [-0.25, -0.2) is 4.98 Å². The molecular formula is C22H26N4O3S. The van der Waals surface area contributed by atoms with Crippen molar-refractivity contribution in [3.63, 3.8) is 0 Å². The van der Waals surface area contributed by atoms with Crippen molar-refractivity contribution in [3.05, 3.63) is 47.1 Å². The lowest BCUT2D eigenvalue weighted by Crippen LogP contribution is -2.48. The molecule has 1 aliphatic rings. The smallest absolute Gasteiger partial charge is 0.226 e. The number of aryl methyl sites for hydroxylation is 1. The van der Waals surface area contributed by atoms with Crippen molar-refractivity contribution in [1.82, 2.24) is 20.4 Å². The van der Waals surface area contributed by atoms with Crippen molar-refractivity contribution in [2.45, 2.75) is 57.9 Å². The molecule has 2 aromatic heterocycles. The first kappa shape index (κ1) is 20.5. The van der Waals surface area contributed by atoms with Crippen LogP contribution in [0.25, 0.3) is 10.6 Å². The van der Waals surface area contributed by atoms with Crippen LogP contribution in [0.3, 0.4) is 0 Å². The van der Waals surface area contributed by atoms with E-state index in [4.69, 9.17) is 9.26 Å². The highest BCUT2D eigenvalue weighted by Gasteiger charge is 2.39. The van der Waals surface area contributed by atoms with E-state index < -0.39 is 5.54 Å². The summed E-state index contributed by atoms with van der Waals surface area (Å²) in [5.74, 6) is 1.83. The molecule has 2 heterocycles. The number of nitrogens with one attached hydrogen (secondary N) is 1. The molecule has 0 radical (unpaired) electrons. The van der Waals surface area contributed by atoms with Gasteiger partial charge < -0.3 is 14.6 Å². The number of carbonyl (C=O) groups excluding carboxylic acids is 1. The molecule has 4 rings (SSSR count). The Labute approximate surface area is 179 Å². The van der Waals surface area contributed by atoms with Gasteiger partial charge in [-0.1, -0.05) is 36.6 Å². The van der Waals surface area contributed by atoms with Crippen LogP contribution < -0.4 is 10.1 Å². The van der Waals surface area contributed by atoms with Gasteiger partial charge >= 0.3 is 0 Å². The number of aromatic nitrogens is 3. The summed E-state index contributed by atoms with van der Waals surface area (Å²) >= 11 is 1.52. The SMILES string of the molecule is CCOc1ccccc1-c1nc(CC(=O)NC2(c3noc(C)n3)CCCCC2)cs1. The molecule has 158 valence electrons. The number of thiazole rings is 1. The van der Waals surface area contributed by atoms with Crippen molar-refractivity contribution in [1.29, 1.82) is 0 Å². The van der Waals surface area contributed by atoms with Gasteiger partial charge in [0.25, 0.3) is 0 Å². The third-order valence-corrected chi connectivity index (χ3v) is 6.28. The number of hydrogen-bond donors (Lipinski definition) is 1. The third-order valence-electron chi connectivity index (χ3n) is 5.35. The van der Waals surface area contributed by atoms with Crippen LogP contribution in [0.2, 0.25) is 0 Å². The normalized spacial score (nSPS) is 15.7. The summed E-state index contributed by atoms with van der Waals surface area (Å²) in [6, 6.07) is 7.83.